The Kier molecular flexibility index (Phi) is 9.02. The molecular weight excluding hydrogens is 347 g/mol. The molecule has 5 nitrogen and oxygen atoms in total. The molecule has 1 N–H and O–H groups in total. The van der Waals surface area contributed by atoms with Gasteiger partial charge in [-0.15, -0.1) is 6.42 Å². The van der Waals surface area contributed by atoms with E-state index in [0.29, 0.717) is 32.8 Å². The number of aliphatic hydroxyl groups excluding tert-OH is 1. The molecule has 0 aliphatic heterocycles. The first-order valence-corrected chi connectivity index (χ1v) is 8.91. The molecule has 146 valence electrons. The summed E-state index contributed by atoms with van der Waals surface area (Å²) < 4.78 is 25.6. The maximum absolute atomic E-state index is 13.1. The van der Waals surface area contributed by atoms with Gasteiger partial charge < -0.3 is 19.1 Å². The Morgan fingerprint density at radius 2 is 2.07 bits per heavy atom. The Morgan fingerprint density at radius 3 is 2.78 bits per heavy atom. The molecule has 0 aliphatic rings. The lowest BCUT2D eigenvalue weighted by Crippen LogP contribution is -2.37. The van der Waals surface area contributed by atoms with Crippen molar-refractivity contribution in [1.82, 2.24) is 9.47 Å². The number of methoxy groups -OCH3 is 1. The van der Waals surface area contributed by atoms with Gasteiger partial charge >= 0.3 is 0 Å². The van der Waals surface area contributed by atoms with Gasteiger partial charge in [0.1, 0.15) is 12.4 Å². The number of halogens is 1. The molecule has 1 aromatic heterocycles. The molecule has 0 unspecified atom stereocenters. The van der Waals surface area contributed by atoms with Gasteiger partial charge in [-0.05, 0) is 29.8 Å². The molecule has 0 aliphatic carbocycles. The summed E-state index contributed by atoms with van der Waals surface area (Å²) in [7, 11) is 1.65. The van der Waals surface area contributed by atoms with Crippen LogP contribution in [-0.4, -0.2) is 60.7 Å². The molecule has 1 aromatic carbocycles. The summed E-state index contributed by atoms with van der Waals surface area (Å²) in [6.45, 7) is 3.41. The predicted molar refractivity (Wildman–Crippen MR) is 103 cm³/mol. The van der Waals surface area contributed by atoms with E-state index in [1.807, 2.05) is 18.3 Å². The number of terminal acetylenes is 1. The van der Waals surface area contributed by atoms with Gasteiger partial charge in [-0.1, -0.05) is 18.1 Å². The van der Waals surface area contributed by atoms with Crippen LogP contribution in [0.2, 0.25) is 0 Å². The lowest BCUT2D eigenvalue weighted by Gasteiger charge is -2.25. The summed E-state index contributed by atoms with van der Waals surface area (Å²) in [5.41, 5.74) is 2.13. The molecular formula is C21H27FN2O3. The van der Waals surface area contributed by atoms with Gasteiger partial charge in [0.15, 0.2) is 0 Å². The highest BCUT2D eigenvalue weighted by Crippen LogP contribution is 2.12. The number of hydrogen-bond donors (Lipinski definition) is 1. The standard InChI is InChI=1S/C21H27FN2O3/c1-3-12-27-17-21(25)16-23(11-13-26-2)15-20-5-4-10-24(20)14-18-6-8-19(22)9-7-18/h1,4-10,21,25H,11-17H2,2H3/t21-/m0/s1. The van der Waals surface area contributed by atoms with Gasteiger partial charge in [0, 0.05) is 45.2 Å². The number of rotatable bonds is 12. The highest BCUT2D eigenvalue weighted by atomic mass is 19.1. The van der Waals surface area contributed by atoms with E-state index in [-0.39, 0.29) is 19.0 Å². The van der Waals surface area contributed by atoms with Crippen molar-refractivity contribution in [1.29, 1.82) is 0 Å². The van der Waals surface area contributed by atoms with Crippen molar-refractivity contribution in [2.75, 3.05) is 40.0 Å². The van der Waals surface area contributed by atoms with Crippen LogP contribution in [-0.2, 0) is 22.6 Å². The Bertz CT molecular complexity index is 709. The Hall–Kier alpha value is -2.17. The zero-order chi connectivity index (χ0) is 19.5. The second-order valence-corrected chi connectivity index (χ2v) is 6.35. The number of ether oxygens (including phenoxy) is 2. The van der Waals surface area contributed by atoms with Gasteiger partial charge in [-0.25, -0.2) is 4.39 Å². The second-order valence-electron chi connectivity index (χ2n) is 6.35. The van der Waals surface area contributed by atoms with E-state index in [9.17, 15) is 9.50 Å². The van der Waals surface area contributed by atoms with Crippen molar-refractivity contribution < 1.29 is 19.0 Å². The van der Waals surface area contributed by atoms with E-state index >= 15 is 0 Å². The molecule has 1 atom stereocenters. The Balaban J connectivity index is 1.98. The number of aliphatic hydroxyl groups is 1. The first-order valence-electron chi connectivity index (χ1n) is 8.91. The van der Waals surface area contributed by atoms with Crippen molar-refractivity contribution in [2.45, 2.75) is 19.2 Å². The number of nitrogens with zero attached hydrogens (tertiary/aromatic N) is 2. The van der Waals surface area contributed by atoms with Crippen LogP contribution >= 0.6 is 0 Å². The van der Waals surface area contributed by atoms with Crippen molar-refractivity contribution >= 4 is 0 Å². The van der Waals surface area contributed by atoms with Gasteiger partial charge in [-0.2, -0.15) is 0 Å². The first kappa shape index (κ1) is 21.1. The number of hydrogen-bond acceptors (Lipinski definition) is 4. The number of aromatic nitrogens is 1. The van der Waals surface area contributed by atoms with Crippen molar-refractivity contribution in [2.24, 2.45) is 0 Å². The topological polar surface area (TPSA) is 46.9 Å². The molecule has 27 heavy (non-hydrogen) atoms. The fourth-order valence-electron chi connectivity index (χ4n) is 2.82. The van der Waals surface area contributed by atoms with Crippen LogP contribution in [0.1, 0.15) is 11.3 Å². The Labute approximate surface area is 160 Å². The van der Waals surface area contributed by atoms with Crippen LogP contribution in [0, 0.1) is 18.2 Å². The van der Waals surface area contributed by atoms with Crippen LogP contribution in [0.25, 0.3) is 0 Å². The number of benzene rings is 1. The van der Waals surface area contributed by atoms with Crippen LogP contribution < -0.4 is 0 Å². The third kappa shape index (κ3) is 7.53. The van der Waals surface area contributed by atoms with E-state index in [0.717, 1.165) is 11.3 Å². The summed E-state index contributed by atoms with van der Waals surface area (Å²) >= 11 is 0. The van der Waals surface area contributed by atoms with E-state index in [1.54, 1.807) is 19.2 Å². The summed E-state index contributed by atoms with van der Waals surface area (Å²) in [5.74, 6) is 2.15. The first-order chi connectivity index (χ1) is 13.1. The SMILES string of the molecule is C#CCOC[C@@H](O)CN(CCOC)Cc1cccn1Cc1ccc(F)cc1. The molecule has 0 radical (unpaired) electrons. The largest absolute Gasteiger partial charge is 0.389 e. The van der Waals surface area contributed by atoms with Crippen LogP contribution in [0.5, 0.6) is 0 Å². The van der Waals surface area contributed by atoms with Crippen LogP contribution in [0.3, 0.4) is 0 Å². The molecule has 2 aromatic rings. The van der Waals surface area contributed by atoms with E-state index < -0.39 is 6.10 Å². The maximum atomic E-state index is 13.1. The molecule has 0 spiro atoms. The average Bonchev–Trinajstić information content (AvgIpc) is 3.08. The third-order valence-electron chi connectivity index (χ3n) is 4.15. The molecule has 0 bridgehead atoms. The van der Waals surface area contributed by atoms with Crippen molar-refractivity contribution in [3.05, 3.63) is 59.7 Å². The minimum Gasteiger partial charge on any atom is -0.389 e. The lowest BCUT2D eigenvalue weighted by atomic mass is 10.2. The van der Waals surface area contributed by atoms with Crippen LogP contribution in [0.4, 0.5) is 4.39 Å². The molecule has 6 heteroatoms. The minimum atomic E-state index is -0.629. The molecule has 0 fully saturated rings. The lowest BCUT2D eigenvalue weighted by molar-refractivity contribution is 0.0203. The smallest absolute Gasteiger partial charge is 0.123 e. The van der Waals surface area contributed by atoms with Gasteiger partial charge in [-0.3, -0.25) is 4.90 Å². The van der Waals surface area contributed by atoms with Crippen molar-refractivity contribution in [3.63, 3.8) is 0 Å². The summed E-state index contributed by atoms with van der Waals surface area (Å²) in [6.07, 6.45) is 6.52. The summed E-state index contributed by atoms with van der Waals surface area (Å²) in [4.78, 5) is 2.11. The molecule has 0 amide bonds. The van der Waals surface area contributed by atoms with Gasteiger partial charge in [0.2, 0.25) is 0 Å². The van der Waals surface area contributed by atoms with Crippen molar-refractivity contribution in [3.8, 4) is 12.3 Å². The van der Waals surface area contributed by atoms with Gasteiger partial charge in [0.05, 0.1) is 19.3 Å². The zero-order valence-electron chi connectivity index (χ0n) is 15.7. The molecule has 1 heterocycles. The Morgan fingerprint density at radius 1 is 1.30 bits per heavy atom. The zero-order valence-corrected chi connectivity index (χ0v) is 15.7. The van der Waals surface area contributed by atoms with Gasteiger partial charge in [0.25, 0.3) is 0 Å². The quantitative estimate of drug-likeness (QED) is 0.457. The summed E-state index contributed by atoms with van der Waals surface area (Å²) in [5, 5.41) is 10.2. The van der Waals surface area contributed by atoms with E-state index in [4.69, 9.17) is 15.9 Å². The van der Waals surface area contributed by atoms with Crippen LogP contribution in [0.15, 0.2) is 42.6 Å². The normalized spacial score (nSPS) is 12.3. The van der Waals surface area contributed by atoms with E-state index in [1.165, 1.54) is 12.1 Å². The molecule has 2 rings (SSSR count). The monoisotopic (exact) mass is 374 g/mol. The highest BCUT2D eigenvalue weighted by Gasteiger charge is 2.14. The molecule has 0 saturated carbocycles. The predicted octanol–water partition coefficient (Wildman–Crippen LogP) is 2.13. The maximum Gasteiger partial charge on any atom is 0.123 e. The summed E-state index contributed by atoms with van der Waals surface area (Å²) in [6, 6.07) is 10.5. The fraction of sp³-hybridized carbons (Fsp3) is 0.429. The average molecular weight is 374 g/mol. The van der Waals surface area contributed by atoms with E-state index in [2.05, 4.69) is 15.4 Å². The third-order valence-corrected chi connectivity index (χ3v) is 4.15. The second kappa shape index (κ2) is 11.5. The molecule has 0 saturated heterocycles. The fourth-order valence-corrected chi connectivity index (χ4v) is 2.82. The highest BCUT2D eigenvalue weighted by molar-refractivity contribution is 5.18. The minimum absolute atomic E-state index is 0.190.